The van der Waals surface area contributed by atoms with E-state index < -0.39 is 0 Å². The molecule has 2 rings (SSSR count). The first-order chi connectivity index (χ1) is 11.9. The Balaban J connectivity index is 0. The second-order valence-electron chi connectivity index (χ2n) is 8.22. The van der Waals surface area contributed by atoms with Crippen molar-refractivity contribution >= 4 is 0 Å². The normalized spacial score (nSPS) is 12.8. The van der Waals surface area contributed by atoms with Crippen LogP contribution in [0.4, 0.5) is 0 Å². The molecule has 27 heavy (non-hydrogen) atoms. The zero-order valence-corrected chi connectivity index (χ0v) is 20.5. The monoisotopic (exact) mass is 477 g/mol. The zero-order valence-electron chi connectivity index (χ0n) is 17.8. The van der Waals surface area contributed by atoms with Crippen LogP contribution in [-0.4, -0.2) is 0 Å². The van der Waals surface area contributed by atoms with Gasteiger partial charge in [-0.3, -0.25) is 0 Å². The second kappa shape index (κ2) is 15.6. The molecule has 1 atom stereocenters. The number of unbranched alkanes of at least 4 members (excludes halogenated alkanes) is 6. The topological polar surface area (TPSA) is 27.6 Å². The van der Waals surface area contributed by atoms with Gasteiger partial charge in [-0.15, -0.1) is 0 Å². The summed E-state index contributed by atoms with van der Waals surface area (Å²) >= 11 is 0. The standard InChI is InChI=1S/C19H34N.C5H5.BrH.Fe/c1-5-6-7-8-9-10-13-16-18(2,3)19(4,20)17-14-11-12-15-17;1-2-4-5-3-1;;/h11-12,14-15H,5-10,13,16,20H2,1-4H3;1-5H;1H;/q-1;-5;;. The molecule has 1 nitrogen and oxygen atoms in total. The molecule has 3 N–H and O–H groups in total. The number of hydrogen-bond donors (Lipinski definition) is 1. The van der Waals surface area contributed by atoms with Gasteiger partial charge in [0.05, 0.1) is 5.54 Å². The van der Waals surface area contributed by atoms with Gasteiger partial charge in [-0.05, 0) is 13.3 Å². The van der Waals surface area contributed by atoms with Crippen LogP contribution in [0.5, 0.6) is 0 Å². The fraction of sp³-hybridized carbons (Fsp3) is 0.583. The summed E-state index contributed by atoms with van der Waals surface area (Å²) in [7, 11) is 0. The van der Waals surface area contributed by atoms with Crippen LogP contribution in [0.2, 0.25) is 0 Å². The van der Waals surface area contributed by atoms with Crippen LogP contribution in [0.1, 0.15) is 84.6 Å². The van der Waals surface area contributed by atoms with Gasteiger partial charge in [-0.1, -0.05) is 71.3 Å². The van der Waals surface area contributed by atoms with Crippen molar-refractivity contribution in [1.29, 1.82) is 0 Å². The molecule has 162 valence electrons. The van der Waals surface area contributed by atoms with E-state index in [1.165, 1.54) is 56.9 Å². The van der Waals surface area contributed by atoms with Crippen LogP contribution in [0.3, 0.4) is 0 Å². The summed E-state index contributed by atoms with van der Waals surface area (Å²) in [5, 5.41) is 0. The third kappa shape index (κ3) is 10.7. The molecule has 0 saturated carbocycles. The Kier molecular flexibility index (Phi) is 16.6. The van der Waals surface area contributed by atoms with E-state index >= 15 is 0 Å². The van der Waals surface area contributed by atoms with Crippen LogP contribution in [0.25, 0.3) is 0 Å². The van der Waals surface area contributed by atoms with Crippen molar-refractivity contribution in [3.63, 3.8) is 0 Å². The predicted molar refractivity (Wildman–Crippen MR) is 111 cm³/mol. The Bertz CT molecular complexity index is 497. The zero-order chi connectivity index (χ0) is 18.6. The SMILES string of the molecule is CCCCCCCCCC(C)(C)C(C)([NH3+])[c-]1cccc1.[Br-].[Fe].[cH-]1[cH-][cH-][cH-][cH-]1. The maximum atomic E-state index is 4.52. The fourth-order valence-corrected chi connectivity index (χ4v) is 3.25. The van der Waals surface area contributed by atoms with Crippen LogP contribution in [0.15, 0.2) is 54.6 Å². The maximum Gasteiger partial charge on any atom is 0.0796 e. The van der Waals surface area contributed by atoms with Crippen LogP contribution in [-0.2, 0) is 22.6 Å². The van der Waals surface area contributed by atoms with Gasteiger partial charge in [0.1, 0.15) is 0 Å². The molecule has 3 heteroatoms. The summed E-state index contributed by atoms with van der Waals surface area (Å²) in [4.78, 5) is 0. The van der Waals surface area contributed by atoms with E-state index in [0.717, 1.165) is 0 Å². The summed E-state index contributed by atoms with van der Waals surface area (Å²) in [5.74, 6) is 0. The van der Waals surface area contributed by atoms with Crippen LogP contribution in [0, 0.1) is 5.41 Å². The second-order valence-corrected chi connectivity index (χ2v) is 8.22. The van der Waals surface area contributed by atoms with Gasteiger partial charge in [-0.2, -0.15) is 12.1 Å². The van der Waals surface area contributed by atoms with Crippen molar-refractivity contribution in [2.24, 2.45) is 5.41 Å². The first-order valence-corrected chi connectivity index (χ1v) is 10.2. The Morgan fingerprint density at radius 3 is 1.63 bits per heavy atom. The van der Waals surface area contributed by atoms with Crippen molar-refractivity contribution in [1.82, 2.24) is 0 Å². The number of rotatable bonds is 10. The summed E-state index contributed by atoms with van der Waals surface area (Å²) in [6.45, 7) is 9.33. The average Bonchev–Trinajstić information content (AvgIpc) is 3.29. The molecular weight excluding hydrogens is 438 g/mol. The summed E-state index contributed by atoms with van der Waals surface area (Å²) < 4.78 is 0. The van der Waals surface area contributed by atoms with Crippen molar-refractivity contribution in [2.75, 3.05) is 0 Å². The molecule has 0 aliphatic rings. The minimum atomic E-state index is 0. The predicted octanol–water partition coefficient (Wildman–Crippen LogP) is 3.44. The minimum Gasteiger partial charge on any atom is -1.00 e. The van der Waals surface area contributed by atoms with Gasteiger partial charge in [0.15, 0.2) is 0 Å². The summed E-state index contributed by atoms with van der Waals surface area (Å²) in [6, 6.07) is 18.7. The molecule has 0 aliphatic heterocycles. The molecule has 2 aromatic rings. The largest absolute Gasteiger partial charge is 1.00 e. The van der Waals surface area contributed by atoms with Crippen molar-refractivity contribution in [3.8, 4) is 0 Å². The van der Waals surface area contributed by atoms with E-state index in [9.17, 15) is 0 Å². The van der Waals surface area contributed by atoms with Crippen molar-refractivity contribution in [2.45, 2.75) is 84.6 Å². The average molecular weight is 478 g/mol. The van der Waals surface area contributed by atoms with E-state index in [0.29, 0.717) is 0 Å². The number of hydrogen-bond acceptors (Lipinski definition) is 0. The first kappa shape index (κ1) is 28.9. The van der Waals surface area contributed by atoms with Crippen molar-refractivity contribution in [3.05, 3.63) is 60.2 Å². The summed E-state index contributed by atoms with van der Waals surface area (Å²) in [5.41, 5.74) is 6.17. The van der Waals surface area contributed by atoms with Crippen LogP contribution >= 0.6 is 0 Å². The number of halogens is 1. The number of quaternary nitrogens is 1. The molecule has 0 spiro atoms. The van der Waals surface area contributed by atoms with E-state index in [-0.39, 0.29) is 45.0 Å². The molecule has 0 radical (unpaired) electrons. The Morgan fingerprint density at radius 1 is 0.778 bits per heavy atom. The van der Waals surface area contributed by atoms with Crippen molar-refractivity contribution < 1.29 is 39.8 Å². The van der Waals surface area contributed by atoms with Gasteiger partial charge in [0, 0.05) is 22.5 Å². The maximum absolute atomic E-state index is 4.52. The van der Waals surface area contributed by atoms with E-state index in [2.05, 4.69) is 57.7 Å². The van der Waals surface area contributed by atoms with Gasteiger partial charge >= 0.3 is 0 Å². The molecule has 0 saturated heterocycles. The quantitative estimate of drug-likeness (QED) is 0.308. The van der Waals surface area contributed by atoms with Gasteiger partial charge in [0.25, 0.3) is 0 Å². The Hall–Kier alpha value is -0.341. The van der Waals surface area contributed by atoms with Gasteiger partial charge in [-0.25, -0.2) is 12.1 Å². The third-order valence-corrected chi connectivity index (χ3v) is 5.75. The fourth-order valence-electron chi connectivity index (χ4n) is 3.25. The van der Waals surface area contributed by atoms with E-state index in [1.807, 2.05) is 30.3 Å². The van der Waals surface area contributed by atoms with Gasteiger partial charge in [0.2, 0.25) is 0 Å². The Morgan fingerprint density at radius 2 is 1.19 bits per heavy atom. The van der Waals surface area contributed by atoms with E-state index in [1.54, 1.807) is 0 Å². The molecule has 2 aromatic carbocycles. The molecule has 1 unspecified atom stereocenters. The Labute approximate surface area is 189 Å². The summed E-state index contributed by atoms with van der Waals surface area (Å²) in [6.07, 6.45) is 11.0. The van der Waals surface area contributed by atoms with Gasteiger partial charge < -0.3 is 53.0 Å². The minimum absolute atomic E-state index is 0. The molecular formula is C24H40BrFeN-6. The first-order valence-electron chi connectivity index (χ1n) is 10.2. The third-order valence-electron chi connectivity index (χ3n) is 5.75. The smallest absolute Gasteiger partial charge is 0.0796 e. The van der Waals surface area contributed by atoms with Crippen LogP contribution < -0.4 is 22.7 Å². The molecule has 0 aromatic heterocycles. The molecule has 0 amide bonds. The molecule has 0 fully saturated rings. The molecule has 0 heterocycles. The molecule has 0 aliphatic carbocycles. The molecule has 0 bridgehead atoms. The van der Waals surface area contributed by atoms with E-state index in [4.69, 9.17) is 0 Å².